The summed E-state index contributed by atoms with van der Waals surface area (Å²) in [6.07, 6.45) is 5.57. The topological polar surface area (TPSA) is 175 Å². The molecule has 0 aliphatic carbocycles. The number of carbonyl (C=O) groups excluding carboxylic acids is 5. The van der Waals surface area contributed by atoms with Gasteiger partial charge in [-0.05, 0) is 65.0 Å². The third-order valence-corrected chi connectivity index (χ3v) is 7.03. The summed E-state index contributed by atoms with van der Waals surface area (Å²) >= 11 is 1.47. The van der Waals surface area contributed by atoms with Gasteiger partial charge >= 0.3 is 6.09 Å². The fourth-order valence-electron chi connectivity index (χ4n) is 3.82. The Bertz CT molecular complexity index is 1150. The molecule has 1 aromatic rings. The molecule has 44 heavy (non-hydrogen) atoms. The summed E-state index contributed by atoms with van der Waals surface area (Å²) < 4.78 is 5.14. The Labute approximate surface area is 264 Å². The summed E-state index contributed by atoms with van der Waals surface area (Å²) in [6.45, 7) is 10.1. The minimum absolute atomic E-state index is 0.00640. The van der Waals surface area contributed by atoms with Gasteiger partial charge in [-0.3, -0.25) is 24.5 Å². The third kappa shape index (κ3) is 14.6. The lowest BCUT2D eigenvalue weighted by Crippen LogP contribution is -2.56. The number of amides is 5. The highest BCUT2D eigenvalue weighted by Gasteiger charge is 2.30. The van der Waals surface area contributed by atoms with E-state index in [2.05, 4.69) is 32.5 Å². The molecule has 1 unspecified atom stereocenters. The maximum atomic E-state index is 13.1. The van der Waals surface area contributed by atoms with Gasteiger partial charge in [-0.25, -0.2) is 4.79 Å². The van der Waals surface area contributed by atoms with Crippen LogP contribution < -0.4 is 26.6 Å². The van der Waals surface area contributed by atoms with Crippen molar-refractivity contribution < 1.29 is 33.8 Å². The Kier molecular flexibility index (Phi) is 16.4. The maximum absolute atomic E-state index is 13.1. The van der Waals surface area contributed by atoms with Crippen LogP contribution in [0.5, 0.6) is 0 Å². The Hall–Kier alpha value is -3.76. The van der Waals surface area contributed by atoms with Crippen molar-refractivity contribution in [2.24, 2.45) is 5.92 Å². The lowest BCUT2D eigenvalue weighted by Gasteiger charge is -2.27. The summed E-state index contributed by atoms with van der Waals surface area (Å²) in [5.41, 5.74) is 0.126. The normalized spacial score (nSPS) is 15.2. The molecule has 0 bridgehead atoms. The molecule has 12 nitrogen and oxygen atoms in total. The summed E-state index contributed by atoms with van der Waals surface area (Å²) in [6, 6.07) is 5.42. The van der Waals surface area contributed by atoms with Crippen LogP contribution in [0.4, 0.5) is 4.79 Å². The Morgan fingerprint density at radius 3 is 2.14 bits per heavy atom. The van der Waals surface area contributed by atoms with Gasteiger partial charge in [0.05, 0.1) is 12.1 Å². The zero-order valence-corrected chi connectivity index (χ0v) is 27.4. The standard InChI is InChI=1S/C31H47N5O7S/c1-9-23(36-30(42)43-31(5,6)7)28(40)35-24(15-16-44-8)29(41)33-20(3)25(37)17-19(2)26(38)34-21(4)27(39)32-18-22-13-11-10-12-14-22/h1,10-14,19-21,23-25,37H,15-18H2,2-8H3,(H,32,39)(H,33,41)(H,34,38)(H,35,40)(H,36,42)/t19-,20+,21+,23+,24?,25+/m1/s1. The molecule has 0 aliphatic rings. The molecule has 1 aromatic carbocycles. The summed E-state index contributed by atoms with van der Waals surface area (Å²) in [4.78, 5) is 63.1. The predicted octanol–water partition coefficient (Wildman–Crippen LogP) is 1.46. The average molecular weight is 634 g/mol. The average Bonchev–Trinajstić information content (AvgIpc) is 2.95. The maximum Gasteiger partial charge on any atom is 0.409 e. The van der Waals surface area contributed by atoms with Crippen molar-refractivity contribution in [1.29, 1.82) is 0 Å². The van der Waals surface area contributed by atoms with Crippen molar-refractivity contribution in [1.82, 2.24) is 26.6 Å². The highest BCUT2D eigenvalue weighted by Crippen LogP contribution is 2.12. The van der Waals surface area contributed by atoms with Crippen LogP contribution in [-0.2, 0) is 30.5 Å². The first-order valence-electron chi connectivity index (χ1n) is 14.4. The molecule has 0 saturated carbocycles. The molecular weight excluding hydrogens is 586 g/mol. The smallest absolute Gasteiger partial charge is 0.409 e. The number of hydrogen-bond donors (Lipinski definition) is 6. The number of terminal acetylenes is 1. The van der Waals surface area contributed by atoms with Crippen molar-refractivity contribution >= 4 is 41.5 Å². The van der Waals surface area contributed by atoms with Crippen molar-refractivity contribution in [3.8, 4) is 12.3 Å². The number of rotatable bonds is 16. The SMILES string of the molecule is C#C[C@H](NC(=O)OC(C)(C)C)C(=O)NC(CCSC)C(=O)N[C@@H](C)[C@@H](O)C[C@@H](C)C(=O)N[C@@H](C)C(=O)NCc1ccccc1. The minimum Gasteiger partial charge on any atom is -0.444 e. The fraction of sp³-hybridized carbons (Fsp3) is 0.581. The van der Waals surface area contributed by atoms with Crippen LogP contribution >= 0.6 is 11.8 Å². The molecule has 0 aromatic heterocycles. The van der Waals surface area contributed by atoms with Gasteiger partial charge in [0.15, 0.2) is 6.04 Å². The molecule has 0 radical (unpaired) electrons. The van der Waals surface area contributed by atoms with Crippen LogP contribution in [0.15, 0.2) is 30.3 Å². The van der Waals surface area contributed by atoms with E-state index in [0.717, 1.165) is 5.56 Å². The molecule has 0 aliphatic heterocycles. The van der Waals surface area contributed by atoms with E-state index in [1.54, 1.807) is 41.5 Å². The first kappa shape index (κ1) is 38.3. The van der Waals surface area contributed by atoms with Crippen LogP contribution in [0.2, 0.25) is 0 Å². The fourth-order valence-corrected chi connectivity index (χ4v) is 4.29. The number of thioether (sulfide) groups is 1. The van der Waals surface area contributed by atoms with E-state index < -0.39 is 65.6 Å². The van der Waals surface area contributed by atoms with E-state index in [-0.39, 0.29) is 18.7 Å². The van der Waals surface area contributed by atoms with E-state index in [4.69, 9.17) is 11.2 Å². The molecule has 6 atom stereocenters. The monoisotopic (exact) mass is 633 g/mol. The highest BCUT2D eigenvalue weighted by molar-refractivity contribution is 7.98. The summed E-state index contributed by atoms with van der Waals surface area (Å²) in [7, 11) is 0. The number of benzene rings is 1. The third-order valence-electron chi connectivity index (χ3n) is 6.38. The van der Waals surface area contributed by atoms with Crippen molar-refractivity contribution in [2.75, 3.05) is 12.0 Å². The van der Waals surface area contributed by atoms with E-state index in [1.807, 2.05) is 36.6 Å². The van der Waals surface area contributed by atoms with E-state index in [9.17, 15) is 29.1 Å². The molecule has 0 heterocycles. The van der Waals surface area contributed by atoms with Gasteiger partial charge < -0.3 is 31.1 Å². The van der Waals surface area contributed by atoms with Crippen molar-refractivity contribution in [3.05, 3.63) is 35.9 Å². The predicted molar refractivity (Wildman–Crippen MR) is 170 cm³/mol. The zero-order valence-electron chi connectivity index (χ0n) is 26.6. The van der Waals surface area contributed by atoms with Gasteiger partial charge in [0.1, 0.15) is 17.7 Å². The van der Waals surface area contributed by atoms with Gasteiger partial charge in [0.2, 0.25) is 17.7 Å². The molecule has 1 rings (SSSR count). The molecule has 0 saturated heterocycles. The van der Waals surface area contributed by atoms with Gasteiger partial charge in [-0.15, -0.1) is 6.42 Å². The Morgan fingerprint density at radius 2 is 1.57 bits per heavy atom. The van der Waals surface area contributed by atoms with E-state index in [0.29, 0.717) is 12.3 Å². The van der Waals surface area contributed by atoms with Gasteiger partial charge in [-0.2, -0.15) is 11.8 Å². The minimum atomic E-state index is -1.38. The molecule has 244 valence electrons. The van der Waals surface area contributed by atoms with Gasteiger partial charge in [0.25, 0.3) is 5.91 Å². The molecular formula is C31H47N5O7S. The Balaban J connectivity index is 2.68. The van der Waals surface area contributed by atoms with Crippen LogP contribution in [0, 0.1) is 18.3 Å². The second kappa shape index (κ2) is 18.8. The number of alkyl carbamates (subject to hydrolysis) is 1. The van der Waals surface area contributed by atoms with E-state index >= 15 is 0 Å². The van der Waals surface area contributed by atoms with Crippen LogP contribution in [0.1, 0.15) is 59.9 Å². The zero-order chi connectivity index (χ0) is 33.4. The number of aliphatic hydroxyl groups excluding tert-OH is 1. The lowest BCUT2D eigenvalue weighted by molar-refractivity contribution is -0.131. The Morgan fingerprint density at radius 1 is 0.932 bits per heavy atom. The molecule has 13 heteroatoms. The number of carbonyl (C=O) groups is 5. The summed E-state index contributed by atoms with van der Waals surface area (Å²) in [5.74, 6) is -0.0522. The van der Waals surface area contributed by atoms with Crippen LogP contribution in [0.3, 0.4) is 0 Å². The van der Waals surface area contributed by atoms with Gasteiger partial charge in [-0.1, -0.05) is 43.2 Å². The first-order valence-corrected chi connectivity index (χ1v) is 15.8. The van der Waals surface area contributed by atoms with Crippen LogP contribution in [-0.4, -0.2) is 82.7 Å². The number of nitrogens with one attached hydrogen (secondary N) is 5. The molecule has 0 spiro atoms. The van der Waals surface area contributed by atoms with Crippen LogP contribution in [0.25, 0.3) is 0 Å². The quantitative estimate of drug-likeness (QED) is 0.148. The van der Waals surface area contributed by atoms with Crippen molar-refractivity contribution in [3.63, 3.8) is 0 Å². The molecule has 0 fully saturated rings. The second-order valence-corrected chi connectivity index (χ2v) is 12.5. The number of hydrogen-bond acceptors (Lipinski definition) is 8. The van der Waals surface area contributed by atoms with Crippen molar-refractivity contribution in [2.45, 2.75) is 96.8 Å². The van der Waals surface area contributed by atoms with Gasteiger partial charge in [0, 0.05) is 12.5 Å². The first-order chi connectivity index (χ1) is 20.6. The second-order valence-electron chi connectivity index (χ2n) is 11.5. The molecule has 6 N–H and O–H groups in total. The van der Waals surface area contributed by atoms with E-state index in [1.165, 1.54) is 11.8 Å². The molecule has 5 amide bonds. The number of ether oxygens (including phenoxy) is 1. The number of aliphatic hydroxyl groups is 1. The highest BCUT2D eigenvalue weighted by atomic mass is 32.2. The largest absolute Gasteiger partial charge is 0.444 e. The lowest BCUT2D eigenvalue weighted by atomic mass is 9.98. The summed E-state index contributed by atoms with van der Waals surface area (Å²) in [5, 5.41) is 23.7.